The van der Waals surface area contributed by atoms with E-state index in [-0.39, 0.29) is 5.82 Å². The highest BCUT2D eigenvalue weighted by Crippen LogP contribution is 2.34. The molecule has 1 N–H and O–H groups in total. The van der Waals surface area contributed by atoms with Crippen LogP contribution in [0.25, 0.3) is 0 Å². The van der Waals surface area contributed by atoms with E-state index >= 15 is 0 Å². The Hall–Kier alpha value is -1.09. The van der Waals surface area contributed by atoms with Crippen LogP contribution in [0.2, 0.25) is 0 Å². The molecule has 1 atom stereocenters. The lowest BCUT2D eigenvalue weighted by molar-refractivity contribution is 0.209. The first-order chi connectivity index (χ1) is 9.95. The van der Waals surface area contributed by atoms with Crippen molar-refractivity contribution in [2.45, 2.75) is 40.0 Å². The van der Waals surface area contributed by atoms with E-state index in [9.17, 15) is 4.39 Å². The fourth-order valence-electron chi connectivity index (χ4n) is 3.20. The number of halogens is 1. The highest BCUT2D eigenvalue weighted by atomic mass is 19.1. The fraction of sp³-hybridized carbons (Fsp3) is 0.667. The van der Waals surface area contributed by atoms with E-state index in [0.717, 1.165) is 24.7 Å². The van der Waals surface area contributed by atoms with Crippen molar-refractivity contribution >= 4 is 5.69 Å². The van der Waals surface area contributed by atoms with E-state index in [1.165, 1.54) is 38.4 Å². The predicted octanol–water partition coefficient (Wildman–Crippen LogP) is 4.39. The van der Waals surface area contributed by atoms with Gasteiger partial charge >= 0.3 is 0 Å². The van der Waals surface area contributed by atoms with E-state index in [1.807, 2.05) is 6.07 Å². The number of likely N-dealkylation sites (tertiary alicyclic amines) is 1. The van der Waals surface area contributed by atoms with Gasteiger partial charge in [-0.1, -0.05) is 26.8 Å². The van der Waals surface area contributed by atoms with Crippen molar-refractivity contribution in [3.05, 3.63) is 30.1 Å². The van der Waals surface area contributed by atoms with Gasteiger partial charge in [-0.25, -0.2) is 4.39 Å². The van der Waals surface area contributed by atoms with Gasteiger partial charge in [-0.3, -0.25) is 0 Å². The average molecular weight is 292 g/mol. The number of anilines is 1. The summed E-state index contributed by atoms with van der Waals surface area (Å²) < 4.78 is 13.1. The standard InChI is InChI=1S/C18H29FN2/c1-18(2,3)15-6-5-11-21(12-9-15)13-10-20-17-8-4-7-16(19)14-17/h4,7-8,14-15,20H,5-6,9-13H2,1-3H3. The van der Waals surface area contributed by atoms with Gasteiger partial charge in [-0.2, -0.15) is 0 Å². The molecule has 3 heteroatoms. The second-order valence-electron chi connectivity index (χ2n) is 7.27. The second kappa shape index (κ2) is 7.26. The lowest BCUT2D eigenvalue weighted by Gasteiger charge is -2.29. The summed E-state index contributed by atoms with van der Waals surface area (Å²) in [4.78, 5) is 2.54. The predicted molar refractivity (Wildman–Crippen MR) is 88.1 cm³/mol. The molecule has 1 aromatic carbocycles. The van der Waals surface area contributed by atoms with Crippen LogP contribution in [-0.4, -0.2) is 31.1 Å². The number of nitrogens with zero attached hydrogens (tertiary/aromatic N) is 1. The van der Waals surface area contributed by atoms with E-state index in [2.05, 4.69) is 31.0 Å². The Balaban J connectivity index is 1.74. The van der Waals surface area contributed by atoms with E-state index in [0.29, 0.717) is 5.41 Å². The average Bonchev–Trinajstić information content (AvgIpc) is 2.64. The van der Waals surface area contributed by atoms with Gasteiger partial charge in [-0.05, 0) is 61.9 Å². The first-order valence-corrected chi connectivity index (χ1v) is 8.17. The normalized spacial score (nSPS) is 21.0. The van der Waals surface area contributed by atoms with Gasteiger partial charge in [-0.15, -0.1) is 0 Å². The number of rotatable bonds is 4. The van der Waals surface area contributed by atoms with Crippen LogP contribution in [0.4, 0.5) is 10.1 Å². The van der Waals surface area contributed by atoms with Crippen LogP contribution in [0.3, 0.4) is 0 Å². The van der Waals surface area contributed by atoms with Crippen molar-refractivity contribution in [2.75, 3.05) is 31.5 Å². The SMILES string of the molecule is CC(C)(C)C1CCCN(CCNc2cccc(F)c2)CC1. The van der Waals surface area contributed by atoms with Gasteiger partial charge < -0.3 is 10.2 Å². The minimum Gasteiger partial charge on any atom is -0.384 e. The van der Waals surface area contributed by atoms with Crippen molar-refractivity contribution in [1.29, 1.82) is 0 Å². The van der Waals surface area contributed by atoms with Crippen molar-refractivity contribution in [3.8, 4) is 0 Å². The molecule has 1 aliphatic heterocycles. The van der Waals surface area contributed by atoms with Crippen molar-refractivity contribution < 1.29 is 4.39 Å². The van der Waals surface area contributed by atoms with Crippen LogP contribution in [0.5, 0.6) is 0 Å². The monoisotopic (exact) mass is 292 g/mol. The maximum atomic E-state index is 13.1. The first kappa shape index (κ1) is 16.3. The van der Waals surface area contributed by atoms with Crippen LogP contribution < -0.4 is 5.32 Å². The number of benzene rings is 1. The number of hydrogen-bond acceptors (Lipinski definition) is 2. The molecule has 0 bridgehead atoms. The van der Waals surface area contributed by atoms with E-state index < -0.39 is 0 Å². The van der Waals surface area contributed by atoms with Gasteiger partial charge in [0.2, 0.25) is 0 Å². The lowest BCUT2D eigenvalue weighted by Crippen LogP contribution is -2.30. The maximum absolute atomic E-state index is 13.1. The molecule has 2 nitrogen and oxygen atoms in total. The minimum absolute atomic E-state index is 0.178. The van der Waals surface area contributed by atoms with Crippen LogP contribution in [0, 0.1) is 17.2 Å². The maximum Gasteiger partial charge on any atom is 0.125 e. The summed E-state index contributed by atoms with van der Waals surface area (Å²) in [6.45, 7) is 11.4. The molecule has 21 heavy (non-hydrogen) atoms. The Labute approximate surface area is 128 Å². The quantitative estimate of drug-likeness (QED) is 0.885. The molecule has 0 aliphatic carbocycles. The minimum atomic E-state index is -0.178. The summed E-state index contributed by atoms with van der Waals surface area (Å²) >= 11 is 0. The van der Waals surface area contributed by atoms with E-state index in [1.54, 1.807) is 12.1 Å². The summed E-state index contributed by atoms with van der Waals surface area (Å²) in [5, 5.41) is 3.31. The lowest BCUT2D eigenvalue weighted by atomic mass is 9.77. The highest BCUT2D eigenvalue weighted by Gasteiger charge is 2.26. The third-order valence-electron chi connectivity index (χ3n) is 4.63. The zero-order valence-corrected chi connectivity index (χ0v) is 13.7. The number of nitrogens with one attached hydrogen (secondary N) is 1. The largest absolute Gasteiger partial charge is 0.384 e. The Bertz CT molecular complexity index is 439. The zero-order valence-electron chi connectivity index (χ0n) is 13.7. The molecule has 1 saturated heterocycles. The molecule has 0 aromatic heterocycles. The van der Waals surface area contributed by atoms with Crippen molar-refractivity contribution in [1.82, 2.24) is 4.90 Å². The van der Waals surface area contributed by atoms with Crippen molar-refractivity contribution in [2.24, 2.45) is 11.3 Å². The van der Waals surface area contributed by atoms with Gasteiger partial charge in [0.15, 0.2) is 0 Å². The molecule has 0 radical (unpaired) electrons. The van der Waals surface area contributed by atoms with Gasteiger partial charge in [0.1, 0.15) is 5.82 Å². The summed E-state index contributed by atoms with van der Waals surface area (Å²) in [6.07, 6.45) is 3.93. The first-order valence-electron chi connectivity index (χ1n) is 8.17. The van der Waals surface area contributed by atoms with Gasteiger partial charge in [0, 0.05) is 18.8 Å². The summed E-state index contributed by atoms with van der Waals surface area (Å²) in [5.74, 6) is 0.654. The zero-order chi connectivity index (χ0) is 15.3. The Morgan fingerprint density at radius 3 is 2.76 bits per heavy atom. The third kappa shape index (κ3) is 5.31. The molecule has 118 valence electrons. The molecular weight excluding hydrogens is 263 g/mol. The molecular formula is C18H29FN2. The van der Waals surface area contributed by atoms with Crippen molar-refractivity contribution in [3.63, 3.8) is 0 Å². The van der Waals surface area contributed by atoms with Gasteiger partial charge in [0.05, 0.1) is 0 Å². The molecule has 0 spiro atoms. The Kier molecular flexibility index (Phi) is 5.63. The third-order valence-corrected chi connectivity index (χ3v) is 4.63. The molecule has 1 heterocycles. The topological polar surface area (TPSA) is 15.3 Å². The van der Waals surface area contributed by atoms with Crippen LogP contribution in [0.1, 0.15) is 40.0 Å². The Morgan fingerprint density at radius 2 is 2.05 bits per heavy atom. The molecule has 1 aliphatic rings. The smallest absolute Gasteiger partial charge is 0.125 e. The summed E-state index contributed by atoms with van der Waals surface area (Å²) in [7, 11) is 0. The summed E-state index contributed by atoms with van der Waals surface area (Å²) in [6, 6.07) is 6.70. The van der Waals surface area contributed by atoms with Crippen LogP contribution >= 0.6 is 0 Å². The molecule has 2 rings (SSSR count). The number of hydrogen-bond donors (Lipinski definition) is 1. The van der Waals surface area contributed by atoms with Gasteiger partial charge in [0.25, 0.3) is 0 Å². The van der Waals surface area contributed by atoms with Crippen LogP contribution in [-0.2, 0) is 0 Å². The fourth-order valence-corrected chi connectivity index (χ4v) is 3.20. The highest BCUT2D eigenvalue weighted by molar-refractivity contribution is 5.42. The Morgan fingerprint density at radius 1 is 1.24 bits per heavy atom. The molecule has 0 amide bonds. The molecule has 1 fully saturated rings. The molecule has 0 saturated carbocycles. The van der Waals surface area contributed by atoms with Crippen LogP contribution in [0.15, 0.2) is 24.3 Å². The molecule has 1 aromatic rings. The van der Waals surface area contributed by atoms with E-state index in [4.69, 9.17) is 0 Å². The molecule has 1 unspecified atom stereocenters. The second-order valence-corrected chi connectivity index (χ2v) is 7.27. The summed E-state index contributed by atoms with van der Waals surface area (Å²) in [5.41, 5.74) is 1.30.